The minimum atomic E-state index is 0.854. The van der Waals surface area contributed by atoms with Crippen molar-refractivity contribution in [1.29, 1.82) is 0 Å². The number of benzene rings is 3. The van der Waals surface area contributed by atoms with Gasteiger partial charge in [-0.15, -0.1) is 0 Å². The Bertz CT molecular complexity index is 1890. The minimum absolute atomic E-state index is 0.854. The molecule has 0 aliphatic carbocycles. The maximum atomic E-state index is 4.96. The summed E-state index contributed by atoms with van der Waals surface area (Å²) < 4.78 is 0. The number of hydrogen-bond acceptors (Lipinski definition) is 5. The second kappa shape index (κ2) is 6.92. The van der Waals surface area contributed by atoms with Gasteiger partial charge in [0.05, 0.1) is 28.6 Å². The molecular weight excluding hydrogens is 422 g/mol. The largest absolute Gasteiger partial charge is 0.342 e. The van der Waals surface area contributed by atoms with Crippen LogP contribution < -0.4 is 0 Å². The van der Waals surface area contributed by atoms with Crippen LogP contribution in [0.25, 0.3) is 66.1 Å². The van der Waals surface area contributed by atoms with E-state index in [4.69, 9.17) is 4.98 Å². The number of hydrogen-bond donors (Lipinski definition) is 2. The topological polar surface area (TPSA) is 96.0 Å². The highest BCUT2D eigenvalue weighted by Gasteiger charge is 2.14. The van der Waals surface area contributed by atoms with Crippen molar-refractivity contribution < 1.29 is 0 Å². The maximum absolute atomic E-state index is 4.96. The van der Waals surface area contributed by atoms with E-state index in [9.17, 15) is 0 Å². The number of pyridine rings is 1. The number of aromatic nitrogens is 7. The first-order chi connectivity index (χ1) is 16.6. The number of nitrogens with one attached hydrogen (secondary N) is 2. The molecule has 0 saturated heterocycles. The second-order valence-electron chi connectivity index (χ2n) is 8.58. The molecule has 7 nitrogen and oxygen atoms in total. The van der Waals surface area contributed by atoms with E-state index < -0.39 is 0 Å². The molecular formula is C27H19N7. The molecule has 162 valence electrons. The Kier molecular flexibility index (Phi) is 3.84. The number of fused-ring (bicyclic) bond motifs is 7. The third-order valence-corrected chi connectivity index (χ3v) is 6.34. The minimum Gasteiger partial charge on any atom is -0.342 e. The van der Waals surface area contributed by atoms with E-state index in [0.29, 0.717) is 0 Å². The van der Waals surface area contributed by atoms with Gasteiger partial charge in [-0.3, -0.25) is 0 Å². The lowest BCUT2D eigenvalue weighted by Crippen LogP contribution is -1.89. The van der Waals surface area contributed by atoms with Gasteiger partial charge < -0.3 is 9.97 Å². The predicted octanol–water partition coefficient (Wildman–Crippen LogP) is 5.88. The summed E-state index contributed by atoms with van der Waals surface area (Å²) in [6.07, 6.45) is 5.30. The standard InChI is InChI=1S/C27H19N7/c1-14-29-12-24(31-14)17-5-8-22-16(9-17)4-7-23(34-22)18-3-6-19-20(10-18)21-11-28-13-30-25(21)27-26(19)32-15(2)33-27/h3-13H,1-2H3,(H,29,31)(H,32,33). The van der Waals surface area contributed by atoms with Gasteiger partial charge >= 0.3 is 0 Å². The Morgan fingerprint density at radius 2 is 1.59 bits per heavy atom. The van der Waals surface area contributed by atoms with Crippen LogP contribution in [0.1, 0.15) is 11.6 Å². The first-order valence-electron chi connectivity index (χ1n) is 11.1. The van der Waals surface area contributed by atoms with Crippen molar-refractivity contribution in [2.75, 3.05) is 0 Å². The summed E-state index contributed by atoms with van der Waals surface area (Å²) >= 11 is 0. The Hall–Kier alpha value is -4.65. The van der Waals surface area contributed by atoms with Gasteiger partial charge in [-0.2, -0.15) is 0 Å². The first-order valence-corrected chi connectivity index (χ1v) is 11.1. The molecule has 0 aliphatic rings. The molecule has 0 spiro atoms. The van der Waals surface area contributed by atoms with Crippen LogP contribution in [0.4, 0.5) is 0 Å². The molecule has 0 aliphatic heterocycles. The number of nitrogens with zero attached hydrogens (tertiary/aromatic N) is 5. The fraction of sp³-hybridized carbons (Fsp3) is 0.0741. The third-order valence-electron chi connectivity index (χ3n) is 6.34. The van der Waals surface area contributed by atoms with E-state index in [1.807, 2.05) is 26.2 Å². The third kappa shape index (κ3) is 2.80. The highest BCUT2D eigenvalue weighted by molar-refractivity contribution is 6.22. The summed E-state index contributed by atoms with van der Waals surface area (Å²) in [5.74, 6) is 1.77. The van der Waals surface area contributed by atoms with Gasteiger partial charge in [-0.1, -0.05) is 24.3 Å². The van der Waals surface area contributed by atoms with Crippen LogP contribution in [0.3, 0.4) is 0 Å². The number of imidazole rings is 2. The molecule has 7 rings (SSSR count). The molecule has 4 aromatic heterocycles. The zero-order valence-electron chi connectivity index (χ0n) is 18.6. The molecule has 0 amide bonds. The Morgan fingerprint density at radius 1 is 0.676 bits per heavy atom. The van der Waals surface area contributed by atoms with Crippen molar-refractivity contribution in [2.24, 2.45) is 0 Å². The van der Waals surface area contributed by atoms with Gasteiger partial charge in [-0.25, -0.2) is 24.9 Å². The molecule has 0 fully saturated rings. The summed E-state index contributed by atoms with van der Waals surface area (Å²) in [4.78, 5) is 29.5. The monoisotopic (exact) mass is 441 g/mol. The Balaban J connectivity index is 1.40. The normalized spacial score (nSPS) is 11.8. The molecule has 4 heterocycles. The van der Waals surface area contributed by atoms with Crippen molar-refractivity contribution in [3.8, 4) is 22.5 Å². The van der Waals surface area contributed by atoms with Gasteiger partial charge in [0.15, 0.2) is 0 Å². The van der Waals surface area contributed by atoms with E-state index in [2.05, 4.69) is 78.4 Å². The van der Waals surface area contributed by atoms with Crippen LogP contribution in [0, 0.1) is 13.8 Å². The molecule has 2 N–H and O–H groups in total. The van der Waals surface area contributed by atoms with E-state index >= 15 is 0 Å². The number of aryl methyl sites for hydroxylation is 2. The van der Waals surface area contributed by atoms with Crippen LogP contribution in [0.2, 0.25) is 0 Å². The smallest absolute Gasteiger partial charge is 0.116 e. The highest BCUT2D eigenvalue weighted by Crippen LogP contribution is 2.35. The fourth-order valence-electron chi connectivity index (χ4n) is 4.74. The molecule has 0 radical (unpaired) electrons. The van der Waals surface area contributed by atoms with Gasteiger partial charge in [0.2, 0.25) is 0 Å². The molecule has 7 heteroatoms. The van der Waals surface area contributed by atoms with Crippen LogP contribution >= 0.6 is 0 Å². The van der Waals surface area contributed by atoms with Crippen molar-refractivity contribution in [1.82, 2.24) is 34.9 Å². The zero-order chi connectivity index (χ0) is 22.8. The molecule has 0 saturated carbocycles. The molecule has 0 unspecified atom stereocenters. The van der Waals surface area contributed by atoms with Crippen LogP contribution in [0.5, 0.6) is 0 Å². The van der Waals surface area contributed by atoms with Crippen LogP contribution in [-0.4, -0.2) is 34.9 Å². The van der Waals surface area contributed by atoms with Crippen molar-refractivity contribution >= 4 is 43.6 Å². The molecule has 0 bridgehead atoms. The molecule has 7 aromatic rings. The lowest BCUT2D eigenvalue weighted by molar-refractivity contribution is 1.15. The van der Waals surface area contributed by atoms with Crippen molar-refractivity contribution in [2.45, 2.75) is 13.8 Å². The molecule has 0 atom stereocenters. The average Bonchev–Trinajstić information content (AvgIpc) is 3.49. The predicted molar refractivity (Wildman–Crippen MR) is 134 cm³/mol. The summed E-state index contributed by atoms with van der Waals surface area (Å²) in [5.41, 5.74) is 7.75. The number of aromatic amines is 2. The van der Waals surface area contributed by atoms with E-state index in [1.165, 1.54) is 0 Å². The van der Waals surface area contributed by atoms with E-state index in [-0.39, 0.29) is 0 Å². The lowest BCUT2D eigenvalue weighted by Gasteiger charge is -2.09. The summed E-state index contributed by atoms with van der Waals surface area (Å²) in [7, 11) is 0. The summed E-state index contributed by atoms with van der Waals surface area (Å²) in [6, 6.07) is 16.9. The van der Waals surface area contributed by atoms with Crippen LogP contribution in [-0.2, 0) is 0 Å². The van der Waals surface area contributed by atoms with Crippen LogP contribution in [0.15, 0.2) is 67.3 Å². The highest BCUT2D eigenvalue weighted by atomic mass is 14.9. The first kappa shape index (κ1) is 18.9. The SMILES string of the molecule is Cc1ncc(-c2ccc3nc(-c4ccc5c(c4)c4cncnc4c4nc(C)[nH]c54)ccc3c2)[nH]1. The molecule has 3 aromatic carbocycles. The lowest BCUT2D eigenvalue weighted by atomic mass is 9.99. The van der Waals surface area contributed by atoms with Gasteiger partial charge in [0, 0.05) is 33.5 Å². The fourth-order valence-corrected chi connectivity index (χ4v) is 4.74. The molecule has 34 heavy (non-hydrogen) atoms. The summed E-state index contributed by atoms with van der Waals surface area (Å²) in [5, 5.41) is 4.25. The Labute approximate surface area is 194 Å². The number of rotatable bonds is 2. The average molecular weight is 441 g/mol. The van der Waals surface area contributed by atoms with E-state index in [1.54, 1.807) is 6.33 Å². The Morgan fingerprint density at radius 3 is 2.47 bits per heavy atom. The van der Waals surface area contributed by atoms with E-state index in [0.717, 1.165) is 77.8 Å². The maximum Gasteiger partial charge on any atom is 0.116 e. The zero-order valence-corrected chi connectivity index (χ0v) is 18.6. The van der Waals surface area contributed by atoms with Gasteiger partial charge in [0.1, 0.15) is 29.0 Å². The summed E-state index contributed by atoms with van der Waals surface area (Å²) in [6.45, 7) is 3.92. The number of H-pyrrole nitrogens is 2. The van der Waals surface area contributed by atoms with Crippen molar-refractivity contribution in [3.05, 3.63) is 78.9 Å². The quantitative estimate of drug-likeness (QED) is 0.327. The van der Waals surface area contributed by atoms with Gasteiger partial charge in [0.25, 0.3) is 0 Å². The van der Waals surface area contributed by atoms with Crippen molar-refractivity contribution in [3.63, 3.8) is 0 Å². The van der Waals surface area contributed by atoms with Gasteiger partial charge in [-0.05, 0) is 43.5 Å². The second-order valence-corrected chi connectivity index (χ2v) is 8.58.